The Morgan fingerprint density at radius 2 is 1.95 bits per heavy atom. The van der Waals surface area contributed by atoms with Gasteiger partial charge in [-0.15, -0.1) is 0 Å². The monoisotopic (exact) mass is 253 g/mol. The molecule has 0 fully saturated rings. The largest absolute Gasteiger partial charge is 0.334 e. The van der Waals surface area contributed by atoms with E-state index in [-0.39, 0.29) is 0 Å². The van der Waals surface area contributed by atoms with Gasteiger partial charge in [0.05, 0.1) is 0 Å². The number of nitrogens with two attached hydrogens (primary N) is 1. The van der Waals surface area contributed by atoms with Crippen LogP contribution in [0.3, 0.4) is 0 Å². The van der Waals surface area contributed by atoms with E-state index in [1.165, 1.54) is 6.33 Å². The van der Waals surface area contributed by atoms with Gasteiger partial charge in [0.15, 0.2) is 0 Å². The molecule has 3 rings (SSSR count). The molecule has 0 unspecified atom stereocenters. The Balaban J connectivity index is 1.92. The van der Waals surface area contributed by atoms with Crippen LogP contribution in [0.4, 0.5) is 0 Å². The molecule has 0 aliphatic heterocycles. The summed E-state index contributed by atoms with van der Waals surface area (Å²) in [5, 5.41) is 3.90. The van der Waals surface area contributed by atoms with Crippen molar-refractivity contribution in [1.29, 1.82) is 0 Å². The van der Waals surface area contributed by atoms with Gasteiger partial charge in [0.25, 0.3) is 5.89 Å². The van der Waals surface area contributed by atoms with E-state index in [9.17, 15) is 0 Å². The molecule has 0 spiro atoms. The third-order valence-electron chi connectivity index (χ3n) is 2.67. The van der Waals surface area contributed by atoms with Gasteiger partial charge in [-0.3, -0.25) is 0 Å². The number of rotatable bonds is 3. The van der Waals surface area contributed by atoms with Crippen molar-refractivity contribution < 1.29 is 4.52 Å². The second kappa shape index (κ2) is 4.95. The smallest absolute Gasteiger partial charge is 0.258 e. The van der Waals surface area contributed by atoms with Gasteiger partial charge in [0, 0.05) is 18.3 Å². The van der Waals surface area contributed by atoms with E-state index in [0.29, 0.717) is 24.0 Å². The van der Waals surface area contributed by atoms with Crippen molar-refractivity contribution in [3.05, 3.63) is 48.4 Å². The molecule has 2 heterocycles. The number of benzene rings is 1. The first-order valence-electron chi connectivity index (χ1n) is 5.76. The van der Waals surface area contributed by atoms with Crippen molar-refractivity contribution >= 4 is 0 Å². The van der Waals surface area contributed by atoms with E-state index < -0.39 is 0 Å². The molecule has 0 amide bonds. The maximum atomic E-state index is 5.55. The van der Waals surface area contributed by atoms with E-state index in [1.807, 2.05) is 24.3 Å². The van der Waals surface area contributed by atoms with Crippen molar-refractivity contribution in [1.82, 2.24) is 20.1 Å². The Kier molecular flexibility index (Phi) is 2.99. The Morgan fingerprint density at radius 1 is 1.11 bits per heavy atom. The lowest BCUT2D eigenvalue weighted by Crippen LogP contribution is -1.95. The SMILES string of the molecule is NCc1ccc(-c2nc(-c3ccncn3)no2)cc1. The molecule has 0 saturated heterocycles. The fourth-order valence-electron chi connectivity index (χ4n) is 1.65. The van der Waals surface area contributed by atoms with Crippen LogP contribution in [0.15, 0.2) is 47.4 Å². The molecule has 1 aromatic carbocycles. The van der Waals surface area contributed by atoms with Gasteiger partial charge in [-0.2, -0.15) is 4.98 Å². The maximum absolute atomic E-state index is 5.55. The molecule has 6 nitrogen and oxygen atoms in total. The van der Waals surface area contributed by atoms with Crippen molar-refractivity contribution in [2.75, 3.05) is 0 Å². The highest BCUT2D eigenvalue weighted by Crippen LogP contribution is 2.20. The van der Waals surface area contributed by atoms with Gasteiger partial charge in [-0.1, -0.05) is 17.3 Å². The average molecular weight is 253 g/mol. The van der Waals surface area contributed by atoms with Crippen molar-refractivity contribution in [3.8, 4) is 23.0 Å². The molecular formula is C13H11N5O. The predicted octanol–water partition coefficient (Wildman–Crippen LogP) is 1.65. The van der Waals surface area contributed by atoms with Crippen LogP contribution in [0.25, 0.3) is 23.0 Å². The van der Waals surface area contributed by atoms with Crippen LogP contribution in [0.2, 0.25) is 0 Å². The topological polar surface area (TPSA) is 90.7 Å². The van der Waals surface area contributed by atoms with Gasteiger partial charge >= 0.3 is 0 Å². The van der Waals surface area contributed by atoms with Crippen LogP contribution in [0.5, 0.6) is 0 Å². The second-order valence-corrected chi connectivity index (χ2v) is 3.92. The van der Waals surface area contributed by atoms with E-state index >= 15 is 0 Å². The summed E-state index contributed by atoms with van der Waals surface area (Å²) in [5.41, 5.74) is 8.09. The molecule has 0 bridgehead atoms. The third-order valence-corrected chi connectivity index (χ3v) is 2.67. The predicted molar refractivity (Wildman–Crippen MR) is 68.7 cm³/mol. The van der Waals surface area contributed by atoms with Gasteiger partial charge in [-0.05, 0) is 23.8 Å². The molecule has 19 heavy (non-hydrogen) atoms. The summed E-state index contributed by atoms with van der Waals surface area (Å²) in [6.07, 6.45) is 3.08. The lowest BCUT2D eigenvalue weighted by Gasteiger charge is -1.97. The highest BCUT2D eigenvalue weighted by atomic mass is 16.5. The zero-order chi connectivity index (χ0) is 13.1. The second-order valence-electron chi connectivity index (χ2n) is 3.92. The summed E-state index contributed by atoms with van der Waals surface area (Å²) in [5.74, 6) is 0.900. The van der Waals surface area contributed by atoms with Crippen LogP contribution in [0, 0.1) is 0 Å². The third kappa shape index (κ3) is 2.34. The Hall–Kier alpha value is -2.60. The number of hydrogen-bond donors (Lipinski definition) is 1. The van der Waals surface area contributed by atoms with E-state index in [0.717, 1.165) is 11.1 Å². The van der Waals surface area contributed by atoms with Gasteiger partial charge in [-0.25, -0.2) is 9.97 Å². The number of aromatic nitrogens is 4. The standard InChI is InChI=1S/C13H11N5O/c14-7-9-1-3-10(4-2-9)13-17-12(18-19-13)11-5-6-15-8-16-11/h1-6,8H,7,14H2. The van der Waals surface area contributed by atoms with Crippen LogP contribution in [0.1, 0.15) is 5.56 Å². The molecule has 6 heteroatoms. The van der Waals surface area contributed by atoms with Crippen LogP contribution in [-0.2, 0) is 6.54 Å². The lowest BCUT2D eigenvalue weighted by molar-refractivity contribution is 0.432. The zero-order valence-corrected chi connectivity index (χ0v) is 10.0. The van der Waals surface area contributed by atoms with Crippen LogP contribution < -0.4 is 5.73 Å². The van der Waals surface area contributed by atoms with Gasteiger partial charge in [0.2, 0.25) is 5.82 Å². The van der Waals surface area contributed by atoms with Crippen molar-refractivity contribution in [2.24, 2.45) is 5.73 Å². The summed E-state index contributed by atoms with van der Waals surface area (Å²) < 4.78 is 5.23. The van der Waals surface area contributed by atoms with E-state index in [4.69, 9.17) is 10.3 Å². The zero-order valence-electron chi connectivity index (χ0n) is 10.0. The first kappa shape index (κ1) is 11.5. The molecule has 0 atom stereocenters. The minimum Gasteiger partial charge on any atom is -0.334 e. The first-order valence-corrected chi connectivity index (χ1v) is 5.76. The molecule has 94 valence electrons. The highest BCUT2D eigenvalue weighted by molar-refractivity contribution is 5.57. The van der Waals surface area contributed by atoms with Crippen molar-refractivity contribution in [2.45, 2.75) is 6.54 Å². The lowest BCUT2D eigenvalue weighted by atomic mass is 10.1. The number of hydrogen-bond acceptors (Lipinski definition) is 6. The molecule has 3 aromatic rings. The quantitative estimate of drug-likeness (QED) is 0.763. The van der Waals surface area contributed by atoms with Gasteiger partial charge in [0.1, 0.15) is 12.0 Å². The van der Waals surface area contributed by atoms with Crippen LogP contribution in [-0.4, -0.2) is 20.1 Å². The minimum absolute atomic E-state index is 0.445. The number of nitrogens with zero attached hydrogens (tertiary/aromatic N) is 4. The summed E-state index contributed by atoms with van der Waals surface area (Å²) in [6, 6.07) is 9.40. The summed E-state index contributed by atoms with van der Waals surface area (Å²) in [7, 11) is 0. The fourth-order valence-corrected chi connectivity index (χ4v) is 1.65. The normalized spacial score (nSPS) is 10.6. The molecule has 2 aromatic heterocycles. The van der Waals surface area contributed by atoms with E-state index in [2.05, 4.69) is 20.1 Å². The molecule has 0 aliphatic rings. The fraction of sp³-hybridized carbons (Fsp3) is 0.0769. The van der Waals surface area contributed by atoms with E-state index in [1.54, 1.807) is 12.3 Å². The van der Waals surface area contributed by atoms with Crippen LogP contribution >= 0.6 is 0 Å². The summed E-state index contributed by atoms with van der Waals surface area (Å²) in [4.78, 5) is 12.2. The Bertz CT molecular complexity index is 663. The Morgan fingerprint density at radius 3 is 2.63 bits per heavy atom. The molecule has 0 aliphatic carbocycles. The first-order chi connectivity index (χ1) is 9.36. The van der Waals surface area contributed by atoms with Crippen molar-refractivity contribution in [3.63, 3.8) is 0 Å². The average Bonchev–Trinajstić information content (AvgIpc) is 2.98. The minimum atomic E-state index is 0.445. The molecular weight excluding hydrogens is 242 g/mol. The molecule has 0 radical (unpaired) electrons. The summed E-state index contributed by atoms with van der Waals surface area (Å²) in [6.45, 7) is 0.510. The summed E-state index contributed by atoms with van der Waals surface area (Å²) >= 11 is 0. The molecule has 2 N–H and O–H groups in total. The molecule has 0 saturated carbocycles. The highest BCUT2D eigenvalue weighted by Gasteiger charge is 2.11. The maximum Gasteiger partial charge on any atom is 0.258 e. The van der Waals surface area contributed by atoms with Gasteiger partial charge < -0.3 is 10.3 Å². The Labute approximate surface area is 109 Å².